The van der Waals surface area contributed by atoms with Gasteiger partial charge in [-0.3, -0.25) is 9.59 Å². The molecule has 0 saturated heterocycles. The van der Waals surface area contributed by atoms with Crippen molar-refractivity contribution in [3.05, 3.63) is 0 Å². The van der Waals surface area contributed by atoms with Crippen LogP contribution in [0.25, 0.3) is 0 Å². The van der Waals surface area contributed by atoms with Gasteiger partial charge in [-0.2, -0.15) is 0 Å². The van der Waals surface area contributed by atoms with Crippen molar-refractivity contribution in [1.82, 2.24) is 0 Å². The average molecular weight is 457 g/mol. The van der Waals surface area contributed by atoms with E-state index in [2.05, 4.69) is 13.8 Å². The zero-order valence-corrected chi connectivity index (χ0v) is 21.6. The Morgan fingerprint density at radius 1 is 0.633 bits per heavy atom. The average Bonchev–Trinajstić information content (AvgIpc) is 2.74. The second-order valence-electron chi connectivity index (χ2n) is 9.33. The van der Waals surface area contributed by atoms with Crippen LogP contribution in [0.5, 0.6) is 0 Å². The molecule has 0 aromatic heterocycles. The maximum atomic E-state index is 12.2. The maximum absolute atomic E-state index is 12.2. The molecule has 0 radical (unpaired) electrons. The monoisotopic (exact) mass is 456 g/mol. The molecule has 1 saturated carbocycles. The molecule has 0 N–H and O–H groups in total. The molecule has 1 rings (SSSR count). The molecular formula is C26H48O2S2. The summed E-state index contributed by atoms with van der Waals surface area (Å²) in [7, 11) is 0. The van der Waals surface area contributed by atoms with Crippen LogP contribution >= 0.6 is 23.5 Å². The van der Waals surface area contributed by atoms with Gasteiger partial charge in [0.05, 0.1) is 0 Å². The number of unbranched alkanes of at least 4 members (excludes halogenated alkanes) is 8. The van der Waals surface area contributed by atoms with Crippen molar-refractivity contribution in [3.8, 4) is 0 Å². The third-order valence-electron chi connectivity index (χ3n) is 6.67. The highest BCUT2D eigenvalue weighted by atomic mass is 32.2. The molecule has 176 valence electrons. The molecule has 30 heavy (non-hydrogen) atoms. The van der Waals surface area contributed by atoms with E-state index >= 15 is 0 Å². The van der Waals surface area contributed by atoms with Crippen LogP contribution in [0, 0.1) is 5.41 Å². The normalized spacial score (nSPS) is 15.9. The molecule has 0 bridgehead atoms. The van der Waals surface area contributed by atoms with Gasteiger partial charge < -0.3 is 0 Å². The van der Waals surface area contributed by atoms with Gasteiger partial charge in [0.2, 0.25) is 0 Å². The summed E-state index contributed by atoms with van der Waals surface area (Å²) < 4.78 is 0. The molecule has 2 nitrogen and oxygen atoms in total. The Balaban J connectivity index is 2.22. The van der Waals surface area contributed by atoms with Gasteiger partial charge in [0.1, 0.15) is 0 Å². The Labute approximate surface area is 195 Å². The second-order valence-corrected chi connectivity index (χ2v) is 11.6. The first-order valence-corrected chi connectivity index (χ1v) is 14.9. The molecule has 1 fully saturated rings. The van der Waals surface area contributed by atoms with Gasteiger partial charge in [-0.1, -0.05) is 108 Å². The van der Waals surface area contributed by atoms with Gasteiger partial charge in [0.15, 0.2) is 10.2 Å². The van der Waals surface area contributed by atoms with Crippen molar-refractivity contribution in [2.24, 2.45) is 5.41 Å². The lowest BCUT2D eigenvalue weighted by atomic mass is 9.70. The number of carbonyl (C=O) groups excluding carboxylic acids is 2. The quantitative estimate of drug-likeness (QED) is 0.193. The van der Waals surface area contributed by atoms with Gasteiger partial charge in [0.25, 0.3) is 0 Å². The smallest absolute Gasteiger partial charge is 0.188 e. The van der Waals surface area contributed by atoms with Crippen LogP contribution in [-0.2, 0) is 9.59 Å². The van der Waals surface area contributed by atoms with Crippen LogP contribution in [0.2, 0.25) is 0 Å². The fraction of sp³-hybridized carbons (Fsp3) is 0.923. The summed E-state index contributed by atoms with van der Waals surface area (Å²) in [6, 6.07) is 0. The lowest BCUT2D eigenvalue weighted by Gasteiger charge is -2.37. The largest absolute Gasteiger partial charge is 0.287 e. The summed E-state index contributed by atoms with van der Waals surface area (Å²) in [6.45, 7) is 4.45. The first-order valence-electron chi connectivity index (χ1n) is 12.9. The third-order valence-corrected chi connectivity index (χ3v) is 8.54. The van der Waals surface area contributed by atoms with Crippen molar-refractivity contribution in [2.45, 2.75) is 136 Å². The zero-order chi connectivity index (χ0) is 21.9. The topological polar surface area (TPSA) is 34.1 Å². The lowest BCUT2D eigenvalue weighted by Crippen LogP contribution is -2.26. The minimum atomic E-state index is 0.390. The van der Waals surface area contributed by atoms with Crippen molar-refractivity contribution < 1.29 is 9.59 Å². The van der Waals surface area contributed by atoms with Crippen molar-refractivity contribution >= 4 is 33.8 Å². The van der Waals surface area contributed by atoms with Crippen LogP contribution < -0.4 is 0 Å². The number of thioether (sulfide) groups is 2. The molecule has 4 heteroatoms. The van der Waals surface area contributed by atoms with Crippen LogP contribution in [0.4, 0.5) is 0 Å². The fourth-order valence-electron chi connectivity index (χ4n) is 4.58. The van der Waals surface area contributed by atoms with Gasteiger partial charge >= 0.3 is 0 Å². The Bertz CT molecular complexity index is 410. The molecule has 0 spiro atoms. The molecular weight excluding hydrogens is 408 g/mol. The molecule has 0 aliphatic heterocycles. The fourth-order valence-corrected chi connectivity index (χ4v) is 6.68. The van der Waals surface area contributed by atoms with Crippen molar-refractivity contribution in [2.75, 3.05) is 11.5 Å². The highest BCUT2D eigenvalue weighted by Crippen LogP contribution is 2.44. The summed E-state index contributed by atoms with van der Waals surface area (Å²) in [5.41, 5.74) is 0.390. The Morgan fingerprint density at radius 2 is 1.07 bits per heavy atom. The van der Waals surface area contributed by atoms with E-state index in [1.54, 1.807) is 23.5 Å². The molecule has 0 amide bonds. The standard InChI is InChI=1S/C26H48O2S2/c1-3-5-7-9-12-16-24(27)29-22-20-26(18-14-11-15-19-26)21-23-30-25(28)17-13-10-8-6-4-2/h3-23H2,1-2H3. The Morgan fingerprint density at radius 3 is 1.50 bits per heavy atom. The number of hydrogen-bond acceptors (Lipinski definition) is 4. The van der Waals surface area contributed by atoms with Gasteiger partial charge in [0, 0.05) is 24.3 Å². The van der Waals surface area contributed by atoms with Gasteiger partial charge in [-0.15, -0.1) is 0 Å². The summed E-state index contributed by atoms with van der Waals surface area (Å²) in [5.74, 6) is 1.95. The molecule has 0 aromatic carbocycles. The SMILES string of the molecule is CCCCCCCC(=O)SCCC1(CCSC(=O)CCCCCCC)CCCCC1. The molecule has 1 aliphatic rings. The van der Waals surface area contributed by atoms with E-state index in [-0.39, 0.29) is 0 Å². The molecule has 1 aliphatic carbocycles. The minimum Gasteiger partial charge on any atom is -0.287 e. The lowest BCUT2D eigenvalue weighted by molar-refractivity contribution is -0.111. The Kier molecular flexibility index (Phi) is 17.4. The summed E-state index contributed by atoms with van der Waals surface area (Å²) >= 11 is 3.15. The number of hydrogen-bond donors (Lipinski definition) is 0. The summed E-state index contributed by atoms with van der Waals surface area (Å²) in [6.07, 6.45) is 22.6. The van der Waals surface area contributed by atoms with E-state index < -0.39 is 0 Å². The van der Waals surface area contributed by atoms with Crippen LogP contribution in [-0.4, -0.2) is 21.7 Å². The van der Waals surface area contributed by atoms with E-state index in [1.165, 1.54) is 83.5 Å². The van der Waals surface area contributed by atoms with E-state index in [9.17, 15) is 9.59 Å². The van der Waals surface area contributed by atoms with Gasteiger partial charge in [-0.05, 0) is 43.9 Å². The van der Waals surface area contributed by atoms with E-state index in [1.807, 2.05) is 0 Å². The highest BCUT2D eigenvalue weighted by molar-refractivity contribution is 8.13. The maximum Gasteiger partial charge on any atom is 0.188 e. The van der Waals surface area contributed by atoms with Crippen molar-refractivity contribution in [1.29, 1.82) is 0 Å². The molecule has 0 heterocycles. The van der Waals surface area contributed by atoms with Crippen LogP contribution in [0.1, 0.15) is 136 Å². The third kappa shape index (κ3) is 14.2. The second kappa shape index (κ2) is 18.6. The summed E-state index contributed by atoms with van der Waals surface area (Å²) in [5, 5.41) is 0.787. The summed E-state index contributed by atoms with van der Waals surface area (Å²) in [4.78, 5) is 24.4. The van der Waals surface area contributed by atoms with Crippen molar-refractivity contribution in [3.63, 3.8) is 0 Å². The molecule has 0 aromatic rings. The minimum absolute atomic E-state index is 0.390. The molecule has 0 atom stereocenters. The number of carbonyl (C=O) groups is 2. The van der Waals surface area contributed by atoms with Crippen LogP contribution in [0.3, 0.4) is 0 Å². The van der Waals surface area contributed by atoms with Gasteiger partial charge in [-0.25, -0.2) is 0 Å². The van der Waals surface area contributed by atoms with Crippen LogP contribution in [0.15, 0.2) is 0 Å². The first-order chi connectivity index (χ1) is 14.6. The predicted molar refractivity (Wildman–Crippen MR) is 136 cm³/mol. The van der Waals surface area contributed by atoms with E-state index in [0.717, 1.165) is 50.0 Å². The predicted octanol–water partition coefficient (Wildman–Crippen LogP) is 8.96. The molecule has 0 unspecified atom stereocenters. The van der Waals surface area contributed by atoms with E-state index in [4.69, 9.17) is 0 Å². The highest BCUT2D eigenvalue weighted by Gasteiger charge is 2.31. The Hall–Kier alpha value is 0.0400. The van der Waals surface area contributed by atoms with E-state index in [0.29, 0.717) is 15.6 Å². The first kappa shape index (κ1) is 28.1. The zero-order valence-electron chi connectivity index (χ0n) is 20.0. The number of rotatable bonds is 18.